The molecule has 1 amide bonds. The molecule has 3 aromatic rings. The van der Waals surface area contributed by atoms with Gasteiger partial charge in [0.15, 0.2) is 0 Å². The second kappa shape index (κ2) is 9.06. The third kappa shape index (κ3) is 4.84. The largest absolute Gasteiger partial charge is 0.507 e. The fourth-order valence-electron chi connectivity index (χ4n) is 3.08. The third-order valence-electron chi connectivity index (χ3n) is 4.61. The molecule has 0 saturated carbocycles. The van der Waals surface area contributed by atoms with Crippen molar-refractivity contribution in [2.24, 2.45) is 5.73 Å². The molecule has 0 fully saturated rings. The Balaban J connectivity index is 1.92. The van der Waals surface area contributed by atoms with E-state index in [0.717, 1.165) is 23.4 Å². The van der Waals surface area contributed by atoms with Gasteiger partial charge in [0.2, 0.25) is 0 Å². The number of hydrogen-bond donors (Lipinski definition) is 6. The summed E-state index contributed by atoms with van der Waals surface area (Å²) in [6, 6.07) is 9.16. The van der Waals surface area contributed by atoms with Gasteiger partial charge in [0.25, 0.3) is 15.9 Å². The molecule has 1 heterocycles. The maximum absolute atomic E-state index is 13.1. The predicted molar refractivity (Wildman–Crippen MR) is 115 cm³/mol. The van der Waals surface area contributed by atoms with Crippen LogP contribution in [0.5, 0.6) is 5.75 Å². The van der Waals surface area contributed by atoms with E-state index < -0.39 is 21.7 Å². The van der Waals surface area contributed by atoms with Crippen LogP contribution < -0.4 is 15.8 Å². The van der Waals surface area contributed by atoms with E-state index in [9.17, 15) is 18.3 Å². The lowest BCUT2D eigenvalue weighted by Gasteiger charge is -2.16. The van der Waals surface area contributed by atoms with Crippen molar-refractivity contribution in [1.29, 1.82) is 0 Å². The Labute approximate surface area is 174 Å². The molecule has 160 valence electrons. The van der Waals surface area contributed by atoms with E-state index in [1.54, 1.807) is 24.4 Å². The van der Waals surface area contributed by atoms with E-state index >= 15 is 0 Å². The van der Waals surface area contributed by atoms with E-state index in [-0.39, 0.29) is 22.8 Å². The minimum atomic E-state index is -4.10. The van der Waals surface area contributed by atoms with Gasteiger partial charge in [0.05, 0.1) is 16.9 Å². The number of unbranched alkanes of at least 4 members (excludes halogenated alkanes) is 2. The Morgan fingerprint density at radius 1 is 1.10 bits per heavy atom. The molecule has 0 radical (unpaired) electrons. The number of aromatic amines is 1. The molecule has 0 bridgehead atoms. The number of sulfonamides is 1. The molecule has 0 atom stereocenters. The summed E-state index contributed by atoms with van der Waals surface area (Å²) in [5.74, 6) is -1.35. The van der Waals surface area contributed by atoms with Gasteiger partial charge >= 0.3 is 0 Å². The highest BCUT2D eigenvalue weighted by atomic mass is 32.2. The molecular formula is C20H24N4O5S. The Hall–Kier alpha value is -3.24. The van der Waals surface area contributed by atoms with Crippen molar-refractivity contribution >= 4 is 38.2 Å². The van der Waals surface area contributed by atoms with Crippen LogP contribution in [0.15, 0.2) is 47.5 Å². The number of phenols is 1. The summed E-state index contributed by atoms with van der Waals surface area (Å²) in [6.07, 6.45) is 3.84. The lowest BCUT2D eigenvalue weighted by molar-refractivity contribution is 0.0997. The van der Waals surface area contributed by atoms with Gasteiger partial charge in [-0.05, 0) is 48.9 Å². The number of anilines is 2. The van der Waals surface area contributed by atoms with Crippen LogP contribution in [-0.2, 0) is 10.0 Å². The summed E-state index contributed by atoms with van der Waals surface area (Å²) in [5, 5.41) is 22.9. The quantitative estimate of drug-likeness (QED) is 0.270. The molecule has 0 aliphatic heterocycles. The number of rotatable bonds is 10. The number of aliphatic hydroxyl groups excluding tert-OH is 1. The van der Waals surface area contributed by atoms with E-state index in [2.05, 4.69) is 15.0 Å². The van der Waals surface area contributed by atoms with Crippen LogP contribution in [-0.4, -0.2) is 42.7 Å². The van der Waals surface area contributed by atoms with Gasteiger partial charge in [0, 0.05) is 30.9 Å². The molecule has 7 N–H and O–H groups in total. The fourth-order valence-corrected chi connectivity index (χ4v) is 4.33. The van der Waals surface area contributed by atoms with Crippen molar-refractivity contribution in [3.05, 3.63) is 48.2 Å². The first kappa shape index (κ1) is 21.5. The van der Waals surface area contributed by atoms with Crippen LogP contribution in [0.2, 0.25) is 0 Å². The summed E-state index contributed by atoms with van der Waals surface area (Å²) < 4.78 is 28.7. The summed E-state index contributed by atoms with van der Waals surface area (Å²) >= 11 is 0. The number of carbonyl (C=O) groups is 1. The van der Waals surface area contributed by atoms with Crippen LogP contribution in [0, 0.1) is 0 Å². The summed E-state index contributed by atoms with van der Waals surface area (Å²) in [7, 11) is -4.10. The van der Waals surface area contributed by atoms with Crippen LogP contribution in [0.1, 0.15) is 29.6 Å². The Kier molecular flexibility index (Phi) is 6.48. The zero-order valence-electron chi connectivity index (χ0n) is 16.2. The minimum Gasteiger partial charge on any atom is -0.507 e. The smallest absolute Gasteiger partial charge is 0.263 e. The zero-order valence-corrected chi connectivity index (χ0v) is 17.0. The average molecular weight is 433 g/mol. The maximum Gasteiger partial charge on any atom is 0.263 e. The van der Waals surface area contributed by atoms with Gasteiger partial charge in [-0.3, -0.25) is 9.52 Å². The first-order chi connectivity index (χ1) is 14.3. The number of primary amides is 1. The Morgan fingerprint density at radius 2 is 1.90 bits per heavy atom. The number of nitrogens with two attached hydrogens (primary N) is 1. The third-order valence-corrected chi connectivity index (χ3v) is 6.03. The molecule has 9 nitrogen and oxygen atoms in total. The van der Waals surface area contributed by atoms with Crippen molar-refractivity contribution in [3.8, 4) is 5.75 Å². The highest BCUT2D eigenvalue weighted by Crippen LogP contribution is 2.31. The molecular weight excluding hydrogens is 408 g/mol. The number of H-pyrrole nitrogens is 1. The second-order valence-corrected chi connectivity index (χ2v) is 8.48. The molecule has 0 unspecified atom stereocenters. The molecule has 10 heteroatoms. The van der Waals surface area contributed by atoms with Crippen molar-refractivity contribution < 1.29 is 23.4 Å². The number of aromatic nitrogens is 1. The van der Waals surface area contributed by atoms with Gasteiger partial charge in [0.1, 0.15) is 10.6 Å². The predicted octanol–water partition coefficient (Wildman–Crippen LogP) is 2.35. The summed E-state index contributed by atoms with van der Waals surface area (Å²) in [6.45, 7) is 0.509. The molecule has 1 aromatic heterocycles. The van der Waals surface area contributed by atoms with Crippen molar-refractivity contribution in [2.45, 2.75) is 24.2 Å². The standard InChI is InChI=1S/C20H24N4O5S/c21-20(27)15-11-19(17(12-18(15)26)22-7-2-1-3-9-25)30(28,29)24-14-5-4-13-6-8-23-16(13)10-14/h4-6,8,10-12,22-26H,1-3,7,9H2,(H2,21,27). The van der Waals surface area contributed by atoms with Gasteiger partial charge in [-0.1, -0.05) is 6.07 Å². The second-order valence-electron chi connectivity index (χ2n) is 6.83. The van der Waals surface area contributed by atoms with Gasteiger partial charge < -0.3 is 26.2 Å². The van der Waals surface area contributed by atoms with Crippen molar-refractivity contribution in [3.63, 3.8) is 0 Å². The number of nitrogens with one attached hydrogen (secondary N) is 3. The lowest BCUT2D eigenvalue weighted by atomic mass is 10.1. The highest BCUT2D eigenvalue weighted by molar-refractivity contribution is 7.92. The first-order valence-corrected chi connectivity index (χ1v) is 10.9. The van der Waals surface area contributed by atoms with Crippen LogP contribution in [0.4, 0.5) is 11.4 Å². The van der Waals surface area contributed by atoms with E-state index in [4.69, 9.17) is 10.8 Å². The lowest BCUT2D eigenvalue weighted by Crippen LogP contribution is -2.18. The summed E-state index contributed by atoms with van der Waals surface area (Å²) in [5.41, 5.74) is 6.23. The number of aromatic hydroxyl groups is 1. The molecule has 2 aromatic carbocycles. The van der Waals surface area contributed by atoms with Gasteiger partial charge in [-0.15, -0.1) is 0 Å². The SMILES string of the molecule is NC(=O)c1cc(S(=O)(=O)Nc2ccc3cc[nH]c3c2)c(NCCCCCO)cc1O. The van der Waals surface area contributed by atoms with Crippen LogP contribution in [0.25, 0.3) is 10.9 Å². The Morgan fingerprint density at radius 3 is 2.63 bits per heavy atom. The number of amides is 1. The monoisotopic (exact) mass is 432 g/mol. The van der Waals surface area contributed by atoms with E-state index in [0.29, 0.717) is 25.1 Å². The number of fused-ring (bicyclic) bond motifs is 1. The number of carbonyl (C=O) groups excluding carboxylic acids is 1. The van der Waals surface area contributed by atoms with Crippen LogP contribution in [0.3, 0.4) is 0 Å². The number of benzene rings is 2. The molecule has 30 heavy (non-hydrogen) atoms. The molecule has 0 saturated heterocycles. The summed E-state index contributed by atoms with van der Waals surface area (Å²) in [4.78, 5) is 14.4. The Bertz CT molecular complexity index is 1160. The topological polar surface area (TPSA) is 158 Å². The average Bonchev–Trinajstić information content (AvgIpc) is 3.15. The van der Waals surface area contributed by atoms with Gasteiger partial charge in [-0.2, -0.15) is 0 Å². The fraction of sp³-hybridized carbons (Fsp3) is 0.250. The molecule has 0 aliphatic carbocycles. The highest BCUT2D eigenvalue weighted by Gasteiger charge is 2.23. The zero-order chi connectivity index (χ0) is 21.7. The van der Waals surface area contributed by atoms with Gasteiger partial charge in [-0.25, -0.2) is 8.42 Å². The number of aliphatic hydroxyl groups is 1. The molecule has 0 spiro atoms. The minimum absolute atomic E-state index is 0.0861. The maximum atomic E-state index is 13.1. The molecule has 3 rings (SSSR count). The van der Waals surface area contributed by atoms with E-state index in [1.165, 1.54) is 6.07 Å². The van der Waals surface area contributed by atoms with Crippen molar-refractivity contribution in [1.82, 2.24) is 4.98 Å². The first-order valence-electron chi connectivity index (χ1n) is 9.43. The molecule has 0 aliphatic rings. The van der Waals surface area contributed by atoms with E-state index in [1.807, 2.05) is 6.07 Å². The number of hydrogen-bond acceptors (Lipinski definition) is 6. The van der Waals surface area contributed by atoms with Crippen molar-refractivity contribution in [2.75, 3.05) is 23.2 Å². The van der Waals surface area contributed by atoms with Crippen LogP contribution >= 0.6 is 0 Å². The normalized spacial score (nSPS) is 11.5.